The molecule has 102 valence electrons. The first-order valence-electron chi connectivity index (χ1n) is 5.91. The van der Waals surface area contributed by atoms with E-state index in [1.807, 2.05) is 13.0 Å². The number of anilines is 1. The molecule has 0 saturated carbocycles. The molecule has 1 aromatic carbocycles. The van der Waals surface area contributed by atoms with E-state index in [-0.39, 0.29) is 15.7 Å². The fraction of sp³-hybridized carbons (Fsp3) is 0.0769. The SMILES string of the molecule is Cc1cccc(S(=O)(=O)c2nc3[nH]ccc3nc2N)c1. The number of aromatic nitrogens is 3. The Morgan fingerprint density at radius 1 is 1.20 bits per heavy atom. The van der Waals surface area contributed by atoms with E-state index in [1.165, 1.54) is 6.07 Å². The molecule has 2 aromatic heterocycles. The Balaban J connectivity index is 2.25. The summed E-state index contributed by atoms with van der Waals surface area (Å²) in [6.07, 6.45) is 1.63. The average Bonchev–Trinajstić information content (AvgIpc) is 2.84. The summed E-state index contributed by atoms with van der Waals surface area (Å²) in [6.45, 7) is 1.82. The second kappa shape index (κ2) is 4.31. The van der Waals surface area contributed by atoms with Gasteiger partial charge in [-0.1, -0.05) is 12.1 Å². The molecule has 0 radical (unpaired) electrons. The lowest BCUT2D eigenvalue weighted by Gasteiger charge is -2.07. The lowest BCUT2D eigenvalue weighted by Crippen LogP contribution is -2.10. The molecule has 0 aliphatic heterocycles. The number of nitrogens with one attached hydrogen (secondary N) is 1. The molecular formula is C13H12N4O2S. The summed E-state index contributed by atoms with van der Waals surface area (Å²) in [7, 11) is -3.78. The third kappa shape index (κ3) is 1.92. The van der Waals surface area contributed by atoms with Gasteiger partial charge in [-0.05, 0) is 30.7 Å². The minimum Gasteiger partial charge on any atom is -0.381 e. The third-order valence-corrected chi connectivity index (χ3v) is 4.62. The second-order valence-corrected chi connectivity index (χ2v) is 6.31. The zero-order valence-corrected chi connectivity index (χ0v) is 11.5. The molecule has 3 N–H and O–H groups in total. The fourth-order valence-corrected chi connectivity index (χ4v) is 3.31. The molecule has 0 aliphatic carbocycles. The highest BCUT2D eigenvalue weighted by Gasteiger charge is 2.24. The van der Waals surface area contributed by atoms with E-state index in [2.05, 4.69) is 15.0 Å². The molecule has 7 heteroatoms. The van der Waals surface area contributed by atoms with Crippen molar-refractivity contribution in [2.45, 2.75) is 16.8 Å². The number of nitrogen functional groups attached to an aromatic ring is 1. The standard InChI is InChI=1S/C13H12N4O2S/c1-8-3-2-4-9(7-8)20(18,19)13-11(14)16-10-5-6-15-12(10)17-13/h2-7H,1H3,(H2,14,16)(H,15,17). The van der Waals surface area contributed by atoms with Crippen molar-refractivity contribution in [1.29, 1.82) is 0 Å². The Kier molecular flexibility index (Phi) is 2.72. The first-order valence-corrected chi connectivity index (χ1v) is 7.39. The number of hydrogen-bond acceptors (Lipinski definition) is 5. The van der Waals surface area contributed by atoms with Gasteiger partial charge < -0.3 is 10.7 Å². The molecular weight excluding hydrogens is 276 g/mol. The number of rotatable bonds is 2. The predicted octanol–water partition coefficient (Wildman–Crippen LogP) is 1.68. The van der Waals surface area contributed by atoms with Crippen LogP contribution < -0.4 is 5.73 Å². The number of aryl methyl sites for hydroxylation is 1. The Hall–Kier alpha value is -2.41. The van der Waals surface area contributed by atoms with E-state index >= 15 is 0 Å². The number of benzene rings is 1. The highest BCUT2D eigenvalue weighted by molar-refractivity contribution is 7.91. The third-order valence-electron chi connectivity index (χ3n) is 2.93. The summed E-state index contributed by atoms with van der Waals surface area (Å²) in [4.78, 5) is 11.1. The van der Waals surface area contributed by atoms with Crippen LogP contribution in [0.4, 0.5) is 5.82 Å². The van der Waals surface area contributed by atoms with Crippen LogP contribution in [0.3, 0.4) is 0 Å². The fourth-order valence-electron chi connectivity index (χ4n) is 1.96. The average molecular weight is 288 g/mol. The quantitative estimate of drug-likeness (QED) is 0.747. The van der Waals surface area contributed by atoms with Crippen LogP contribution in [-0.4, -0.2) is 23.4 Å². The van der Waals surface area contributed by atoms with Gasteiger partial charge in [-0.15, -0.1) is 0 Å². The van der Waals surface area contributed by atoms with Crippen LogP contribution in [0.2, 0.25) is 0 Å². The van der Waals surface area contributed by atoms with Gasteiger partial charge in [-0.25, -0.2) is 18.4 Å². The Bertz CT molecular complexity index is 900. The lowest BCUT2D eigenvalue weighted by molar-refractivity contribution is 0.593. The Labute approximate surface area is 115 Å². The van der Waals surface area contributed by atoms with E-state index in [0.717, 1.165) is 5.56 Å². The number of nitrogens with two attached hydrogens (primary N) is 1. The van der Waals surface area contributed by atoms with E-state index in [1.54, 1.807) is 24.4 Å². The lowest BCUT2D eigenvalue weighted by atomic mass is 10.2. The summed E-state index contributed by atoms with van der Waals surface area (Å²) < 4.78 is 25.2. The maximum atomic E-state index is 12.6. The van der Waals surface area contributed by atoms with Crippen LogP contribution in [0.1, 0.15) is 5.56 Å². The Morgan fingerprint density at radius 2 is 2.00 bits per heavy atom. The zero-order valence-electron chi connectivity index (χ0n) is 10.7. The monoisotopic (exact) mass is 288 g/mol. The van der Waals surface area contributed by atoms with E-state index in [4.69, 9.17) is 5.73 Å². The van der Waals surface area contributed by atoms with Crippen molar-refractivity contribution in [3.05, 3.63) is 42.1 Å². The van der Waals surface area contributed by atoms with Crippen molar-refractivity contribution in [2.75, 3.05) is 5.73 Å². The molecule has 3 rings (SSSR count). The summed E-state index contributed by atoms with van der Waals surface area (Å²) >= 11 is 0. The summed E-state index contributed by atoms with van der Waals surface area (Å²) in [6, 6.07) is 8.28. The highest BCUT2D eigenvalue weighted by Crippen LogP contribution is 2.25. The van der Waals surface area contributed by atoms with Crippen molar-refractivity contribution < 1.29 is 8.42 Å². The maximum Gasteiger partial charge on any atom is 0.227 e. The van der Waals surface area contributed by atoms with E-state index in [0.29, 0.717) is 11.2 Å². The molecule has 20 heavy (non-hydrogen) atoms. The molecule has 0 saturated heterocycles. The first-order chi connectivity index (χ1) is 9.48. The number of sulfone groups is 1. The normalized spacial score (nSPS) is 11.8. The van der Waals surface area contributed by atoms with Crippen molar-refractivity contribution in [1.82, 2.24) is 15.0 Å². The minimum atomic E-state index is -3.78. The molecule has 2 heterocycles. The van der Waals surface area contributed by atoms with Crippen LogP contribution in [0.5, 0.6) is 0 Å². The van der Waals surface area contributed by atoms with Gasteiger partial charge in [-0.3, -0.25) is 0 Å². The number of fused-ring (bicyclic) bond motifs is 1. The van der Waals surface area contributed by atoms with E-state index < -0.39 is 9.84 Å². The first kappa shape index (κ1) is 12.6. The van der Waals surface area contributed by atoms with Gasteiger partial charge >= 0.3 is 0 Å². The maximum absolute atomic E-state index is 12.6. The molecule has 0 atom stereocenters. The molecule has 0 spiro atoms. The molecule has 0 unspecified atom stereocenters. The molecule has 0 amide bonds. The van der Waals surface area contributed by atoms with Crippen molar-refractivity contribution in [3.63, 3.8) is 0 Å². The predicted molar refractivity (Wildman–Crippen MR) is 74.9 cm³/mol. The van der Waals surface area contributed by atoms with Crippen LogP contribution >= 0.6 is 0 Å². The largest absolute Gasteiger partial charge is 0.381 e. The molecule has 6 nitrogen and oxygen atoms in total. The summed E-state index contributed by atoms with van der Waals surface area (Å²) in [5.74, 6) is -0.0985. The van der Waals surface area contributed by atoms with Gasteiger partial charge in [0.1, 0.15) is 5.52 Å². The number of H-pyrrole nitrogens is 1. The van der Waals surface area contributed by atoms with Gasteiger partial charge in [0.05, 0.1) is 4.90 Å². The van der Waals surface area contributed by atoms with Crippen molar-refractivity contribution in [3.8, 4) is 0 Å². The van der Waals surface area contributed by atoms with E-state index in [9.17, 15) is 8.42 Å². The van der Waals surface area contributed by atoms with Gasteiger partial charge in [0.15, 0.2) is 11.5 Å². The number of aromatic amines is 1. The van der Waals surface area contributed by atoms with Gasteiger partial charge in [0.2, 0.25) is 14.9 Å². The van der Waals surface area contributed by atoms with Crippen LogP contribution in [0.25, 0.3) is 11.2 Å². The molecule has 0 bridgehead atoms. The van der Waals surface area contributed by atoms with Crippen LogP contribution in [0.15, 0.2) is 46.5 Å². The number of nitrogens with zero attached hydrogens (tertiary/aromatic N) is 2. The summed E-state index contributed by atoms with van der Waals surface area (Å²) in [5, 5.41) is -0.224. The summed E-state index contributed by atoms with van der Waals surface area (Å²) in [5.41, 5.74) is 7.51. The highest BCUT2D eigenvalue weighted by atomic mass is 32.2. The van der Waals surface area contributed by atoms with Gasteiger partial charge in [0.25, 0.3) is 0 Å². The van der Waals surface area contributed by atoms with Crippen LogP contribution in [-0.2, 0) is 9.84 Å². The van der Waals surface area contributed by atoms with Crippen LogP contribution in [0, 0.1) is 6.92 Å². The van der Waals surface area contributed by atoms with Crippen molar-refractivity contribution in [2.24, 2.45) is 0 Å². The zero-order chi connectivity index (χ0) is 14.3. The smallest absolute Gasteiger partial charge is 0.227 e. The topological polar surface area (TPSA) is 102 Å². The second-order valence-electron chi connectivity index (χ2n) is 4.45. The molecule has 0 fully saturated rings. The molecule has 3 aromatic rings. The minimum absolute atomic E-state index is 0.0985. The molecule has 0 aliphatic rings. The van der Waals surface area contributed by atoms with Crippen molar-refractivity contribution >= 4 is 26.8 Å². The Morgan fingerprint density at radius 3 is 2.75 bits per heavy atom. The van der Waals surface area contributed by atoms with Gasteiger partial charge in [-0.2, -0.15) is 0 Å². The van der Waals surface area contributed by atoms with Gasteiger partial charge in [0, 0.05) is 6.20 Å². The number of hydrogen-bond donors (Lipinski definition) is 2.